The molecule has 0 spiro atoms. The quantitative estimate of drug-likeness (QED) is 0.286. The second kappa shape index (κ2) is 10.8. The van der Waals surface area contributed by atoms with E-state index in [0.29, 0.717) is 33.8 Å². The molecule has 0 unspecified atom stereocenters. The van der Waals surface area contributed by atoms with Gasteiger partial charge in [-0.2, -0.15) is 0 Å². The Labute approximate surface area is 225 Å². The number of hydrogen-bond acceptors (Lipinski definition) is 7. The topological polar surface area (TPSA) is 120 Å². The van der Waals surface area contributed by atoms with Gasteiger partial charge in [-0.05, 0) is 68.0 Å². The van der Waals surface area contributed by atoms with Gasteiger partial charge in [-0.1, -0.05) is 6.07 Å². The number of carbonyl (C=O) groups excluding carboxylic acids is 2. The molecule has 1 aliphatic carbocycles. The Balaban J connectivity index is 1.35. The van der Waals surface area contributed by atoms with Gasteiger partial charge in [0.2, 0.25) is 11.8 Å². The van der Waals surface area contributed by atoms with Crippen LogP contribution in [-0.4, -0.2) is 32.1 Å². The number of benzene rings is 2. The minimum absolute atomic E-state index is 0.0537. The molecule has 0 aliphatic heterocycles. The lowest BCUT2D eigenvalue weighted by Crippen LogP contribution is -2.34. The van der Waals surface area contributed by atoms with Gasteiger partial charge in [-0.15, -0.1) is 0 Å². The molecule has 5 rings (SSSR count). The standard InChI is InChI=1S/C30H32N2O7/c1-16-15-38-25-14-26-22(12-21(16)25)17(2)20(30(35)39-26)8-10-28(33)32-23(13-29(34)31-19-6-7-19)18-5-9-24(36-3)27(11-18)37-4/h5,9,11-12,14-15,19,23H,6-8,10,13H2,1-4H3,(H,31,34)(H,32,33)/t23-/m1/s1. The Morgan fingerprint density at radius 1 is 1.00 bits per heavy atom. The van der Waals surface area contributed by atoms with Crippen LogP contribution in [0.2, 0.25) is 0 Å². The maximum absolute atomic E-state index is 13.1. The summed E-state index contributed by atoms with van der Waals surface area (Å²) < 4.78 is 21.9. The van der Waals surface area contributed by atoms with Gasteiger partial charge in [-0.25, -0.2) is 4.79 Å². The monoisotopic (exact) mass is 532 g/mol. The number of ether oxygens (including phenoxy) is 2. The third-order valence-corrected chi connectivity index (χ3v) is 7.25. The Morgan fingerprint density at radius 3 is 2.49 bits per heavy atom. The highest BCUT2D eigenvalue weighted by Gasteiger charge is 2.26. The number of amides is 2. The molecular formula is C30H32N2O7. The van der Waals surface area contributed by atoms with Gasteiger partial charge in [-0.3, -0.25) is 9.59 Å². The number of methoxy groups -OCH3 is 2. The number of nitrogens with one attached hydrogen (secondary N) is 2. The zero-order valence-corrected chi connectivity index (χ0v) is 22.5. The molecule has 2 amide bonds. The highest BCUT2D eigenvalue weighted by atomic mass is 16.5. The number of rotatable bonds is 10. The van der Waals surface area contributed by atoms with Crippen molar-refractivity contribution in [1.29, 1.82) is 0 Å². The second-order valence-corrected chi connectivity index (χ2v) is 10.0. The van der Waals surface area contributed by atoms with Gasteiger partial charge >= 0.3 is 5.63 Å². The van der Waals surface area contributed by atoms with Crippen molar-refractivity contribution in [2.75, 3.05) is 14.2 Å². The molecule has 1 atom stereocenters. The van der Waals surface area contributed by atoms with Crippen molar-refractivity contribution in [3.63, 3.8) is 0 Å². The van der Waals surface area contributed by atoms with E-state index >= 15 is 0 Å². The van der Waals surface area contributed by atoms with Gasteiger partial charge in [0.05, 0.1) is 32.9 Å². The molecule has 2 aromatic heterocycles. The van der Waals surface area contributed by atoms with E-state index in [9.17, 15) is 14.4 Å². The van der Waals surface area contributed by atoms with Crippen LogP contribution in [0.4, 0.5) is 0 Å². The van der Waals surface area contributed by atoms with Gasteiger partial charge in [0.25, 0.3) is 0 Å². The van der Waals surface area contributed by atoms with Crippen LogP contribution in [0.1, 0.15) is 54.0 Å². The van der Waals surface area contributed by atoms with E-state index in [1.54, 1.807) is 37.6 Å². The largest absolute Gasteiger partial charge is 0.493 e. The first-order valence-corrected chi connectivity index (χ1v) is 13.0. The molecular weight excluding hydrogens is 500 g/mol. The Morgan fingerprint density at radius 2 is 1.77 bits per heavy atom. The summed E-state index contributed by atoms with van der Waals surface area (Å²) in [5, 5.41) is 7.71. The van der Waals surface area contributed by atoms with Crippen LogP contribution < -0.4 is 25.7 Å². The maximum atomic E-state index is 13.1. The van der Waals surface area contributed by atoms with Crippen LogP contribution in [-0.2, 0) is 16.0 Å². The van der Waals surface area contributed by atoms with E-state index in [2.05, 4.69) is 10.6 Å². The highest BCUT2D eigenvalue weighted by Crippen LogP contribution is 2.32. The predicted molar refractivity (Wildman–Crippen MR) is 146 cm³/mol. The fourth-order valence-electron chi connectivity index (χ4n) is 4.85. The third-order valence-electron chi connectivity index (χ3n) is 7.25. The number of fused-ring (bicyclic) bond motifs is 2. The van der Waals surface area contributed by atoms with E-state index in [4.69, 9.17) is 18.3 Å². The average Bonchev–Trinajstić information content (AvgIpc) is 3.66. The van der Waals surface area contributed by atoms with Crippen molar-refractivity contribution in [2.24, 2.45) is 0 Å². The van der Waals surface area contributed by atoms with Crippen LogP contribution >= 0.6 is 0 Å². The molecule has 0 radical (unpaired) electrons. The van der Waals surface area contributed by atoms with Gasteiger partial charge < -0.3 is 28.9 Å². The molecule has 39 heavy (non-hydrogen) atoms. The van der Waals surface area contributed by atoms with Gasteiger partial charge in [0.15, 0.2) is 11.5 Å². The maximum Gasteiger partial charge on any atom is 0.339 e. The first kappa shape index (κ1) is 26.3. The molecule has 1 saturated carbocycles. The SMILES string of the molecule is COc1ccc([C@@H](CC(=O)NC2CC2)NC(=O)CCc2c(C)c3cc4c(C)coc4cc3oc2=O)cc1OC. The lowest BCUT2D eigenvalue weighted by Gasteiger charge is -2.20. The van der Waals surface area contributed by atoms with Crippen LogP contribution in [0.5, 0.6) is 11.5 Å². The molecule has 1 fully saturated rings. The first-order valence-electron chi connectivity index (χ1n) is 13.0. The zero-order valence-electron chi connectivity index (χ0n) is 22.5. The smallest absolute Gasteiger partial charge is 0.339 e. The Kier molecular flexibility index (Phi) is 7.32. The normalized spacial score (nSPS) is 13.8. The van der Waals surface area contributed by atoms with Crippen molar-refractivity contribution in [1.82, 2.24) is 10.6 Å². The van der Waals surface area contributed by atoms with E-state index in [-0.39, 0.29) is 37.1 Å². The van der Waals surface area contributed by atoms with Gasteiger partial charge in [0, 0.05) is 34.9 Å². The summed E-state index contributed by atoms with van der Waals surface area (Å²) in [6, 6.07) is 8.62. The van der Waals surface area contributed by atoms with Crippen molar-refractivity contribution >= 4 is 33.8 Å². The van der Waals surface area contributed by atoms with Crippen LogP contribution in [0.15, 0.2) is 50.2 Å². The molecule has 1 aliphatic rings. The van der Waals surface area contributed by atoms with E-state index in [1.165, 1.54) is 7.11 Å². The predicted octanol–water partition coefficient (Wildman–Crippen LogP) is 4.63. The van der Waals surface area contributed by atoms with Crippen LogP contribution in [0.25, 0.3) is 21.9 Å². The van der Waals surface area contributed by atoms with E-state index in [1.807, 2.05) is 19.9 Å². The summed E-state index contributed by atoms with van der Waals surface area (Å²) in [5.74, 6) is 0.636. The molecule has 2 N–H and O–H groups in total. The van der Waals surface area contributed by atoms with E-state index in [0.717, 1.165) is 34.7 Å². The highest BCUT2D eigenvalue weighted by molar-refractivity contribution is 5.96. The number of aryl methyl sites for hydroxylation is 2. The minimum atomic E-state index is -0.581. The number of furan rings is 1. The van der Waals surface area contributed by atoms with Crippen molar-refractivity contribution < 1.29 is 27.9 Å². The molecule has 2 heterocycles. The number of carbonyl (C=O) groups is 2. The third kappa shape index (κ3) is 5.62. The number of hydrogen-bond donors (Lipinski definition) is 2. The summed E-state index contributed by atoms with van der Waals surface area (Å²) in [7, 11) is 3.08. The molecule has 204 valence electrons. The van der Waals surface area contributed by atoms with Crippen LogP contribution in [0.3, 0.4) is 0 Å². The summed E-state index contributed by atoms with van der Waals surface area (Å²) in [4.78, 5) is 38.6. The summed E-state index contributed by atoms with van der Waals surface area (Å²) >= 11 is 0. The molecule has 2 aromatic carbocycles. The molecule has 9 heteroatoms. The average molecular weight is 533 g/mol. The summed E-state index contributed by atoms with van der Waals surface area (Å²) in [6.45, 7) is 3.82. The molecule has 9 nitrogen and oxygen atoms in total. The molecule has 4 aromatic rings. The molecule has 0 saturated heterocycles. The fourth-order valence-corrected chi connectivity index (χ4v) is 4.85. The summed E-state index contributed by atoms with van der Waals surface area (Å²) in [5.41, 5.74) is 3.56. The van der Waals surface area contributed by atoms with E-state index < -0.39 is 11.7 Å². The minimum Gasteiger partial charge on any atom is -0.493 e. The second-order valence-electron chi connectivity index (χ2n) is 10.0. The van der Waals surface area contributed by atoms with Crippen molar-refractivity contribution in [3.05, 3.63) is 69.3 Å². The fraction of sp³-hybridized carbons (Fsp3) is 0.367. The lowest BCUT2D eigenvalue weighted by molar-refractivity contribution is -0.123. The zero-order chi connectivity index (χ0) is 27.7. The lowest BCUT2D eigenvalue weighted by atomic mass is 9.99. The Bertz CT molecular complexity index is 1610. The molecule has 0 bridgehead atoms. The summed E-state index contributed by atoms with van der Waals surface area (Å²) in [6.07, 6.45) is 3.94. The van der Waals surface area contributed by atoms with Gasteiger partial charge in [0.1, 0.15) is 11.2 Å². The van der Waals surface area contributed by atoms with Crippen molar-refractivity contribution in [2.45, 2.75) is 58.0 Å². The Hall–Kier alpha value is -4.27. The van der Waals surface area contributed by atoms with Crippen LogP contribution in [0, 0.1) is 13.8 Å². The van der Waals surface area contributed by atoms with Crippen molar-refractivity contribution in [3.8, 4) is 11.5 Å². The first-order chi connectivity index (χ1) is 18.8.